The summed E-state index contributed by atoms with van der Waals surface area (Å²) in [5, 5.41) is 18.6. The van der Waals surface area contributed by atoms with Crippen molar-refractivity contribution in [2.45, 2.75) is 216 Å². The van der Waals surface area contributed by atoms with E-state index >= 15 is 0 Å². The zero-order chi connectivity index (χ0) is 47.7. The number of hydrogen-bond acceptors (Lipinski definition) is 7. The fourth-order valence-corrected chi connectivity index (χ4v) is 14.8. The van der Waals surface area contributed by atoms with Gasteiger partial charge in [-0.05, 0) is 171 Å². The summed E-state index contributed by atoms with van der Waals surface area (Å²) in [6.07, 6.45) is 16.7. The summed E-state index contributed by atoms with van der Waals surface area (Å²) < 4.78 is 11.4. The van der Waals surface area contributed by atoms with Crippen molar-refractivity contribution in [1.29, 1.82) is 0 Å². The number of aliphatic carboxylic acids is 1. The minimum atomic E-state index is -1.16. The maximum atomic E-state index is 14.6. The van der Waals surface area contributed by atoms with Crippen LogP contribution < -0.4 is 16.0 Å². The predicted octanol–water partition coefficient (Wildman–Crippen LogP) is 10.9. The van der Waals surface area contributed by atoms with E-state index < -0.39 is 35.1 Å². The number of carbonyl (C=O) groups is 5. The van der Waals surface area contributed by atoms with Gasteiger partial charge < -0.3 is 30.5 Å². The van der Waals surface area contributed by atoms with E-state index in [0.717, 1.165) is 116 Å². The Morgan fingerprint density at radius 3 is 1.94 bits per heavy atom. The summed E-state index contributed by atoms with van der Waals surface area (Å²) >= 11 is 0. The summed E-state index contributed by atoms with van der Waals surface area (Å²) in [6.45, 7) is 30.6. The average Bonchev–Trinajstić information content (AvgIpc) is 3.58. The van der Waals surface area contributed by atoms with Gasteiger partial charge >= 0.3 is 18.0 Å². The van der Waals surface area contributed by atoms with Crippen LogP contribution in [0.4, 0.5) is 4.79 Å². The average molecular weight is 896 g/mol. The number of fused-ring (bicyclic) bond motifs is 7. The maximum Gasteiger partial charge on any atom is 0.408 e. The molecule has 5 saturated carbocycles. The van der Waals surface area contributed by atoms with Crippen LogP contribution in [0.3, 0.4) is 0 Å². The van der Waals surface area contributed by atoms with Crippen LogP contribution >= 0.6 is 0 Å². The normalized spacial score (nSPS) is 34.7. The van der Waals surface area contributed by atoms with Crippen LogP contribution in [-0.2, 0) is 28.7 Å². The summed E-state index contributed by atoms with van der Waals surface area (Å²) in [7, 11) is 0. The Hall–Kier alpha value is -3.11. The van der Waals surface area contributed by atoms with Crippen LogP contribution in [0.1, 0.15) is 199 Å². The van der Waals surface area contributed by atoms with Crippen molar-refractivity contribution in [3.63, 3.8) is 0 Å². The van der Waals surface area contributed by atoms with Crippen molar-refractivity contribution in [3.05, 3.63) is 12.2 Å². The molecule has 5 aliphatic carbocycles. The standard InChI is InChI=1S/C53H89N3O8/c1-34(2)36-23-28-53(44(59)55-32-20-18-16-14-15-17-19-31-54-43(58)35(3)56-46(62)64-47(4,5)6)30-29-51(12)37(42(36)53)21-22-39-50(11)26-25-40(63-41(57)33-48(7,8)45(60)61)49(9,10)38(50)24-27-52(39,51)13/h35-40,42H,1,14-33H2,2-13H3,(H,54,58)(H,55,59)(H,56,62)(H,60,61)/t35-,36-,37+,38-,39+,40-,42+,50-,51+,52+,53-/m0/s1. The molecule has 0 aromatic heterocycles. The van der Waals surface area contributed by atoms with E-state index in [1.54, 1.807) is 41.5 Å². The summed E-state index contributed by atoms with van der Waals surface area (Å²) in [6, 6.07) is -0.658. The lowest BCUT2D eigenvalue weighted by atomic mass is 9.32. The van der Waals surface area contributed by atoms with E-state index in [-0.39, 0.29) is 51.4 Å². The van der Waals surface area contributed by atoms with E-state index in [2.05, 4.69) is 64.1 Å². The van der Waals surface area contributed by atoms with Gasteiger partial charge in [0.2, 0.25) is 11.8 Å². The Balaban J connectivity index is 1.12. The molecule has 5 fully saturated rings. The molecule has 3 amide bonds. The molecule has 0 unspecified atom stereocenters. The highest BCUT2D eigenvalue weighted by atomic mass is 16.6. The molecule has 0 heterocycles. The van der Waals surface area contributed by atoms with Gasteiger partial charge in [-0.3, -0.25) is 19.2 Å². The van der Waals surface area contributed by atoms with Crippen LogP contribution in [0.15, 0.2) is 12.2 Å². The molecule has 0 bridgehead atoms. The Bertz CT molecular complexity index is 1730. The molecule has 0 aromatic carbocycles. The van der Waals surface area contributed by atoms with E-state index in [0.29, 0.717) is 36.1 Å². The molecular formula is C53H89N3O8. The first kappa shape index (κ1) is 51.9. The van der Waals surface area contributed by atoms with Crippen molar-refractivity contribution >= 4 is 29.8 Å². The predicted molar refractivity (Wildman–Crippen MR) is 252 cm³/mol. The number of rotatable bonds is 18. The largest absolute Gasteiger partial charge is 0.481 e. The van der Waals surface area contributed by atoms with Gasteiger partial charge in [0, 0.05) is 18.5 Å². The topological polar surface area (TPSA) is 160 Å². The molecule has 11 atom stereocenters. The van der Waals surface area contributed by atoms with Gasteiger partial charge in [-0.15, -0.1) is 0 Å². The van der Waals surface area contributed by atoms with Crippen molar-refractivity contribution in [2.75, 3.05) is 13.1 Å². The molecule has 5 aliphatic rings. The lowest BCUT2D eigenvalue weighted by Gasteiger charge is -2.72. The lowest BCUT2D eigenvalue weighted by molar-refractivity contribution is -0.249. The molecular weight excluding hydrogens is 807 g/mol. The van der Waals surface area contributed by atoms with E-state index in [1.807, 2.05) is 0 Å². The number of nitrogens with one attached hydrogen (secondary N) is 3. The molecule has 0 aromatic rings. The summed E-state index contributed by atoms with van der Waals surface area (Å²) in [5.74, 6) is 0.747. The number of unbranched alkanes of at least 4 members (excludes halogenated alkanes) is 6. The second-order valence-corrected chi connectivity index (χ2v) is 24.4. The highest BCUT2D eigenvalue weighted by Gasteiger charge is 2.72. The van der Waals surface area contributed by atoms with Crippen molar-refractivity contribution < 1.29 is 38.6 Å². The molecule has 0 aliphatic heterocycles. The second-order valence-electron chi connectivity index (χ2n) is 24.4. The Morgan fingerprint density at radius 1 is 0.734 bits per heavy atom. The van der Waals surface area contributed by atoms with Crippen LogP contribution in [0.5, 0.6) is 0 Å². The number of amides is 3. The number of carboxylic acids is 1. The smallest absolute Gasteiger partial charge is 0.408 e. The molecule has 4 N–H and O–H groups in total. The van der Waals surface area contributed by atoms with Crippen molar-refractivity contribution in [2.24, 2.45) is 62.1 Å². The van der Waals surface area contributed by atoms with E-state index in [9.17, 15) is 29.1 Å². The maximum absolute atomic E-state index is 14.6. The van der Waals surface area contributed by atoms with Crippen LogP contribution in [0, 0.1) is 62.1 Å². The molecule has 11 nitrogen and oxygen atoms in total. The van der Waals surface area contributed by atoms with Gasteiger partial charge in [0.05, 0.1) is 17.3 Å². The van der Waals surface area contributed by atoms with Crippen molar-refractivity contribution in [3.8, 4) is 0 Å². The van der Waals surface area contributed by atoms with Crippen molar-refractivity contribution in [1.82, 2.24) is 16.0 Å². The van der Waals surface area contributed by atoms with Gasteiger partial charge in [-0.2, -0.15) is 0 Å². The minimum Gasteiger partial charge on any atom is -0.481 e. The molecule has 0 saturated heterocycles. The molecule has 5 rings (SSSR count). The van der Waals surface area contributed by atoms with Gasteiger partial charge in [0.15, 0.2) is 0 Å². The second kappa shape index (κ2) is 19.6. The number of alkyl carbamates (subject to hydrolysis) is 1. The molecule has 11 heteroatoms. The number of allylic oxidation sites excluding steroid dienone is 1. The van der Waals surface area contributed by atoms with Gasteiger partial charge in [0.1, 0.15) is 17.7 Å². The lowest BCUT2D eigenvalue weighted by Crippen LogP contribution is -2.67. The van der Waals surface area contributed by atoms with E-state index in [1.165, 1.54) is 5.57 Å². The highest BCUT2D eigenvalue weighted by Crippen LogP contribution is 2.77. The fourth-order valence-electron chi connectivity index (χ4n) is 14.8. The highest BCUT2D eigenvalue weighted by molar-refractivity contribution is 5.85. The number of carbonyl (C=O) groups excluding carboxylic acids is 4. The fraction of sp³-hybridized carbons (Fsp3) is 0.868. The Kier molecular flexibility index (Phi) is 15.9. The first-order chi connectivity index (χ1) is 29.7. The third-order valence-corrected chi connectivity index (χ3v) is 18.5. The monoisotopic (exact) mass is 896 g/mol. The van der Waals surface area contributed by atoms with Crippen LogP contribution in [0.2, 0.25) is 0 Å². The van der Waals surface area contributed by atoms with E-state index in [4.69, 9.17) is 9.47 Å². The molecule has 64 heavy (non-hydrogen) atoms. The van der Waals surface area contributed by atoms with Gasteiger partial charge in [-0.1, -0.05) is 78.9 Å². The summed E-state index contributed by atoms with van der Waals surface area (Å²) in [4.78, 5) is 63.9. The van der Waals surface area contributed by atoms with Crippen LogP contribution in [-0.4, -0.2) is 65.8 Å². The molecule has 0 spiro atoms. The summed E-state index contributed by atoms with van der Waals surface area (Å²) in [5.41, 5.74) is -0.767. The number of esters is 1. The molecule has 364 valence electrons. The number of hydrogen-bond donors (Lipinski definition) is 4. The quantitative estimate of drug-likeness (QED) is 0.0601. The third kappa shape index (κ3) is 10.4. The minimum absolute atomic E-state index is 0.100. The first-order valence-corrected chi connectivity index (χ1v) is 25.3. The number of ether oxygens (including phenoxy) is 2. The van der Waals surface area contributed by atoms with Crippen LogP contribution in [0.25, 0.3) is 0 Å². The van der Waals surface area contributed by atoms with Gasteiger partial charge in [0.25, 0.3) is 0 Å². The molecule has 0 radical (unpaired) electrons. The zero-order valence-corrected chi connectivity index (χ0v) is 42.2. The Morgan fingerprint density at radius 2 is 1.34 bits per heavy atom. The zero-order valence-electron chi connectivity index (χ0n) is 42.2. The SMILES string of the molecule is C=C(C)[C@@H]1CC[C@]2(C(=O)NCCCCCCCCCNC(=O)[C@H](C)NC(=O)OC(C)(C)C)CC[C@]3(C)[C@H](CC[C@@H]4[C@@]5(C)CC[C@H](OC(=O)CC(C)(C)C(=O)O)C(C)(C)[C@@H]5CC[C@]43C)[C@@H]12. The Labute approximate surface area is 386 Å². The third-order valence-electron chi connectivity index (χ3n) is 18.5. The first-order valence-electron chi connectivity index (χ1n) is 25.3. The number of carboxylic acid groups (broad SMARTS) is 1. The van der Waals surface area contributed by atoms with Gasteiger partial charge in [-0.25, -0.2) is 4.79 Å².